The predicted molar refractivity (Wildman–Crippen MR) is 143 cm³/mol. The first-order chi connectivity index (χ1) is 16.7. The van der Waals surface area contributed by atoms with E-state index in [1.807, 2.05) is 0 Å². The third-order valence-corrected chi connectivity index (χ3v) is 8.16. The highest BCUT2D eigenvalue weighted by Gasteiger charge is 2.53. The van der Waals surface area contributed by atoms with Gasteiger partial charge < -0.3 is 10.6 Å². The molecule has 0 bridgehead atoms. The molecule has 1 saturated carbocycles. The summed E-state index contributed by atoms with van der Waals surface area (Å²) < 4.78 is 0. The van der Waals surface area contributed by atoms with E-state index in [0.29, 0.717) is 39.5 Å². The van der Waals surface area contributed by atoms with Gasteiger partial charge in [-0.1, -0.05) is 58.5 Å². The lowest BCUT2D eigenvalue weighted by atomic mass is 9.94. The van der Waals surface area contributed by atoms with Gasteiger partial charge in [-0.25, -0.2) is 0 Å². The Morgan fingerprint density at radius 3 is 2.20 bits per heavy atom. The SMILES string of the molecule is CC(CNC(=O)[C@H](Cc1ccc(Cl)cc1Cl)NC(=O)C1(c2ccc(Cl)cc2Cl)CC1)N1CCCC1. The van der Waals surface area contributed by atoms with Crippen LogP contribution in [0.2, 0.25) is 20.1 Å². The van der Waals surface area contributed by atoms with Crippen LogP contribution < -0.4 is 10.6 Å². The lowest BCUT2D eigenvalue weighted by molar-refractivity contribution is -0.130. The maximum absolute atomic E-state index is 13.5. The molecule has 4 rings (SSSR count). The second kappa shape index (κ2) is 11.3. The molecule has 1 saturated heterocycles. The maximum Gasteiger partial charge on any atom is 0.242 e. The Balaban J connectivity index is 1.51. The summed E-state index contributed by atoms with van der Waals surface area (Å²) in [7, 11) is 0. The van der Waals surface area contributed by atoms with Crippen LogP contribution in [0.5, 0.6) is 0 Å². The number of carbonyl (C=O) groups excluding carboxylic acids is 2. The fraction of sp³-hybridized carbons (Fsp3) is 0.462. The van der Waals surface area contributed by atoms with Crippen molar-refractivity contribution in [3.8, 4) is 0 Å². The van der Waals surface area contributed by atoms with Gasteiger partial charge >= 0.3 is 0 Å². The monoisotopic (exact) mass is 555 g/mol. The molecule has 188 valence electrons. The van der Waals surface area contributed by atoms with Crippen LogP contribution >= 0.6 is 46.4 Å². The van der Waals surface area contributed by atoms with Crippen LogP contribution in [0, 0.1) is 0 Å². The number of rotatable bonds is 9. The van der Waals surface area contributed by atoms with Gasteiger partial charge in [0.15, 0.2) is 0 Å². The van der Waals surface area contributed by atoms with Crippen molar-refractivity contribution in [2.75, 3.05) is 19.6 Å². The van der Waals surface area contributed by atoms with Crippen molar-refractivity contribution in [2.24, 2.45) is 0 Å². The zero-order valence-corrected chi connectivity index (χ0v) is 22.6. The number of hydrogen-bond acceptors (Lipinski definition) is 3. The van der Waals surface area contributed by atoms with Crippen LogP contribution in [0.15, 0.2) is 36.4 Å². The van der Waals surface area contributed by atoms with E-state index in [-0.39, 0.29) is 24.3 Å². The van der Waals surface area contributed by atoms with E-state index in [2.05, 4.69) is 22.5 Å². The number of carbonyl (C=O) groups is 2. The minimum Gasteiger partial charge on any atom is -0.353 e. The molecule has 2 atom stereocenters. The van der Waals surface area contributed by atoms with Crippen molar-refractivity contribution in [3.63, 3.8) is 0 Å². The van der Waals surface area contributed by atoms with Gasteiger partial charge in [0.2, 0.25) is 11.8 Å². The quantitative estimate of drug-likeness (QED) is 0.419. The molecule has 0 spiro atoms. The van der Waals surface area contributed by atoms with Crippen LogP contribution in [-0.4, -0.2) is 48.4 Å². The second-order valence-corrected chi connectivity index (χ2v) is 11.2. The second-order valence-electron chi connectivity index (χ2n) is 9.51. The normalized spacial score (nSPS) is 18.7. The predicted octanol–water partition coefficient (Wildman–Crippen LogP) is 5.66. The average molecular weight is 557 g/mol. The lowest BCUT2D eigenvalue weighted by Gasteiger charge is -2.26. The van der Waals surface area contributed by atoms with Crippen molar-refractivity contribution < 1.29 is 9.59 Å². The van der Waals surface area contributed by atoms with Gasteiger partial charge in [-0.3, -0.25) is 14.5 Å². The molecule has 35 heavy (non-hydrogen) atoms. The van der Waals surface area contributed by atoms with E-state index in [1.54, 1.807) is 36.4 Å². The smallest absolute Gasteiger partial charge is 0.242 e. The first-order valence-electron chi connectivity index (χ1n) is 11.9. The molecule has 2 aromatic carbocycles. The molecule has 5 nitrogen and oxygen atoms in total. The fourth-order valence-electron chi connectivity index (χ4n) is 4.72. The Bertz CT molecular complexity index is 1100. The molecule has 2 N–H and O–H groups in total. The number of amides is 2. The lowest BCUT2D eigenvalue weighted by Crippen LogP contribution is -2.52. The third kappa shape index (κ3) is 6.26. The van der Waals surface area contributed by atoms with E-state index in [9.17, 15) is 9.59 Å². The summed E-state index contributed by atoms with van der Waals surface area (Å²) in [6.45, 7) is 4.70. The summed E-state index contributed by atoms with van der Waals surface area (Å²) in [6.07, 6.45) is 3.92. The van der Waals surface area contributed by atoms with Crippen LogP contribution in [0.3, 0.4) is 0 Å². The molecule has 2 aliphatic rings. The average Bonchev–Trinajstić information content (AvgIpc) is 3.42. The van der Waals surface area contributed by atoms with Gasteiger partial charge in [0.05, 0.1) is 5.41 Å². The molecule has 1 aliphatic heterocycles. The number of benzene rings is 2. The number of halogens is 4. The Kier molecular flexibility index (Phi) is 8.55. The summed E-state index contributed by atoms with van der Waals surface area (Å²) in [5, 5.41) is 7.96. The Morgan fingerprint density at radius 1 is 0.971 bits per heavy atom. The van der Waals surface area contributed by atoms with Gasteiger partial charge in [0, 0.05) is 39.1 Å². The van der Waals surface area contributed by atoms with Gasteiger partial charge in [0.1, 0.15) is 6.04 Å². The van der Waals surface area contributed by atoms with Crippen LogP contribution in [-0.2, 0) is 21.4 Å². The van der Waals surface area contributed by atoms with Gasteiger partial charge in [-0.15, -0.1) is 0 Å². The van der Waals surface area contributed by atoms with Crippen molar-refractivity contribution in [3.05, 3.63) is 67.6 Å². The first-order valence-corrected chi connectivity index (χ1v) is 13.4. The highest BCUT2D eigenvalue weighted by molar-refractivity contribution is 6.35. The molecule has 2 amide bonds. The van der Waals surface area contributed by atoms with Crippen LogP contribution in [0.4, 0.5) is 0 Å². The minimum atomic E-state index is -0.796. The zero-order chi connectivity index (χ0) is 25.2. The fourth-order valence-corrected chi connectivity index (χ4v) is 5.79. The Labute approximate surface area is 226 Å². The molecular weight excluding hydrogens is 528 g/mol. The Morgan fingerprint density at radius 2 is 1.60 bits per heavy atom. The molecule has 1 heterocycles. The summed E-state index contributed by atoms with van der Waals surface area (Å²) in [5.41, 5.74) is 0.707. The topological polar surface area (TPSA) is 61.4 Å². The summed E-state index contributed by atoms with van der Waals surface area (Å²) in [5.74, 6) is -0.465. The number of nitrogens with one attached hydrogen (secondary N) is 2. The van der Waals surface area contributed by atoms with Crippen LogP contribution in [0.1, 0.15) is 43.7 Å². The van der Waals surface area contributed by atoms with Crippen molar-refractivity contribution >= 4 is 58.2 Å². The van der Waals surface area contributed by atoms with Crippen molar-refractivity contribution in [1.29, 1.82) is 0 Å². The van der Waals surface area contributed by atoms with E-state index in [4.69, 9.17) is 46.4 Å². The van der Waals surface area contributed by atoms with Gasteiger partial charge in [-0.2, -0.15) is 0 Å². The third-order valence-electron chi connectivity index (χ3n) is 7.03. The maximum atomic E-state index is 13.5. The number of nitrogens with zero attached hydrogens (tertiary/aromatic N) is 1. The molecular formula is C26H29Cl4N3O2. The highest BCUT2D eigenvalue weighted by Crippen LogP contribution is 2.51. The summed E-state index contributed by atoms with van der Waals surface area (Å²) in [4.78, 5) is 29.2. The van der Waals surface area contributed by atoms with Crippen LogP contribution in [0.25, 0.3) is 0 Å². The van der Waals surface area contributed by atoms with E-state index >= 15 is 0 Å². The van der Waals surface area contributed by atoms with E-state index < -0.39 is 11.5 Å². The number of likely N-dealkylation sites (tertiary alicyclic amines) is 1. The van der Waals surface area contributed by atoms with Crippen molar-refractivity contribution in [2.45, 2.75) is 56.5 Å². The largest absolute Gasteiger partial charge is 0.353 e. The Hall–Kier alpha value is -1.50. The molecule has 9 heteroatoms. The molecule has 1 unspecified atom stereocenters. The minimum absolute atomic E-state index is 0.222. The first kappa shape index (κ1) is 26.6. The van der Waals surface area contributed by atoms with Gasteiger partial charge in [0.25, 0.3) is 0 Å². The summed E-state index contributed by atoms with van der Waals surface area (Å²) >= 11 is 24.9. The molecule has 0 aromatic heterocycles. The molecule has 2 aromatic rings. The summed E-state index contributed by atoms with van der Waals surface area (Å²) in [6, 6.07) is 9.74. The van der Waals surface area contributed by atoms with Gasteiger partial charge in [-0.05, 0) is 81.1 Å². The number of hydrogen-bond donors (Lipinski definition) is 2. The standard InChI is InChI=1S/C26H29Cl4N3O2/c1-16(33-10-2-3-11-33)15-31-24(34)23(12-17-4-5-18(27)13-21(17)29)32-25(35)26(8-9-26)20-7-6-19(28)14-22(20)30/h4-7,13-14,16,23H,2-3,8-12,15H2,1H3,(H,31,34)(H,32,35)/t16?,23-/m0/s1. The van der Waals surface area contributed by atoms with Crippen molar-refractivity contribution in [1.82, 2.24) is 15.5 Å². The van der Waals surface area contributed by atoms with E-state index in [0.717, 1.165) is 24.2 Å². The molecule has 1 aliphatic carbocycles. The molecule has 2 fully saturated rings. The zero-order valence-electron chi connectivity index (χ0n) is 19.6. The molecule has 0 radical (unpaired) electrons. The van der Waals surface area contributed by atoms with E-state index in [1.165, 1.54) is 12.8 Å². The highest BCUT2D eigenvalue weighted by atomic mass is 35.5.